The summed E-state index contributed by atoms with van der Waals surface area (Å²) < 4.78 is 2.00. The molecule has 24 heavy (non-hydrogen) atoms. The zero-order chi connectivity index (χ0) is 16.7. The lowest BCUT2D eigenvalue weighted by Gasteiger charge is -2.41. The molecule has 2 aromatic rings. The number of hydrogen-bond acceptors (Lipinski definition) is 3. The van der Waals surface area contributed by atoms with Crippen molar-refractivity contribution in [2.24, 2.45) is 11.8 Å². The van der Waals surface area contributed by atoms with Gasteiger partial charge in [0, 0.05) is 37.4 Å². The van der Waals surface area contributed by atoms with Crippen LogP contribution in [0.15, 0.2) is 36.7 Å². The van der Waals surface area contributed by atoms with Crippen LogP contribution in [0.5, 0.6) is 0 Å². The Morgan fingerprint density at radius 2 is 1.92 bits per heavy atom. The fourth-order valence-electron chi connectivity index (χ4n) is 4.87. The van der Waals surface area contributed by atoms with Crippen molar-refractivity contribution < 1.29 is 0 Å². The average Bonchev–Trinajstić information content (AvgIpc) is 3.10. The summed E-state index contributed by atoms with van der Waals surface area (Å²) in [7, 11) is 4.50. The number of nitrogens with zero attached hydrogens (tertiary/aromatic N) is 4. The predicted molar refractivity (Wildman–Crippen MR) is 97.3 cm³/mol. The van der Waals surface area contributed by atoms with Crippen molar-refractivity contribution in [1.29, 1.82) is 0 Å². The Morgan fingerprint density at radius 3 is 2.58 bits per heavy atom. The van der Waals surface area contributed by atoms with Crippen LogP contribution in [0.4, 0.5) is 0 Å². The van der Waals surface area contributed by atoms with Crippen LogP contribution >= 0.6 is 0 Å². The van der Waals surface area contributed by atoms with Gasteiger partial charge in [-0.15, -0.1) is 0 Å². The van der Waals surface area contributed by atoms with Gasteiger partial charge < -0.3 is 4.90 Å². The van der Waals surface area contributed by atoms with E-state index < -0.39 is 0 Å². The third kappa shape index (κ3) is 3.01. The topological polar surface area (TPSA) is 24.3 Å². The first-order valence-electron chi connectivity index (χ1n) is 9.09. The molecular weight excluding hydrogens is 296 g/mol. The zero-order valence-corrected chi connectivity index (χ0v) is 15.0. The van der Waals surface area contributed by atoms with Gasteiger partial charge in [0.25, 0.3) is 0 Å². The van der Waals surface area contributed by atoms with Crippen LogP contribution in [0.1, 0.15) is 24.0 Å². The molecule has 0 radical (unpaired) electrons. The molecule has 1 aromatic carbocycles. The first-order valence-corrected chi connectivity index (χ1v) is 9.09. The fraction of sp³-hybridized carbons (Fsp3) is 0.550. The maximum atomic E-state index is 4.57. The molecule has 2 bridgehead atoms. The van der Waals surface area contributed by atoms with E-state index in [2.05, 4.69) is 66.4 Å². The van der Waals surface area contributed by atoms with E-state index in [0.717, 1.165) is 30.1 Å². The number of hydrogen-bond donors (Lipinski definition) is 0. The van der Waals surface area contributed by atoms with Crippen LogP contribution < -0.4 is 0 Å². The largest absolute Gasteiger partial charge is 0.306 e. The lowest BCUT2D eigenvalue weighted by Crippen LogP contribution is -2.50. The van der Waals surface area contributed by atoms with E-state index in [4.69, 9.17) is 0 Å². The van der Waals surface area contributed by atoms with Crippen LogP contribution in [-0.4, -0.2) is 52.8 Å². The van der Waals surface area contributed by atoms with Gasteiger partial charge in [0.15, 0.2) is 0 Å². The van der Waals surface area contributed by atoms with Crippen molar-refractivity contribution >= 4 is 0 Å². The minimum absolute atomic E-state index is 0.788. The molecule has 3 atom stereocenters. The standard InChI is InChI=1S/C20H28N4/c1-15-5-4-6-19(9-15)24-12-16(10-21-24)11-23-13-17-7-8-18(14-23)20(17)22(2)3/h4-6,9-10,12,17-18,20H,7-8,11,13-14H2,1-3H3/t17-,18+,20?. The SMILES string of the molecule is Cc1cccc(-n2cc(CN3C[C@H]4CC[C@@H](C3)C4N(C)C)cn2)c1. The maximum absolute atomic E-state index is 4.57. The normalized spacial score (nSPS) is 27.1. The molecule has 1 aliphatic heterocycles. The fourth-order valence-corrected chi connectivity index (χ4v) is 4.87. The summed E-state index contributed by atoms with van der Waals surface area (Å²) in [6, 6.07) is 9.30. The van der Waals surface area contributed by atoms with E-state index in [0.29, 0.717) is 0 Å². The number of fused-ring (bicyclic) bond motifs is 2. The quantitative estimate of drug-likeness (QED) is 0.864. The smallest absolute Gasteiger partial charge is 0.0648 e. The van der Waals surface area contributed by atoms with E-state index in [1.165, 1.54) is 37.1 Å². The van der Waals surface area contributed by atoms with Crippen molar-refractivity contribution in [3.8, 4) is 5.69 Å². The van der Waals surface area contributed by atoms with E-state index >= 15 is 0 Å². The second-order valence-corrected chi connectivity index (χ2v) is 7.88. The summed E-state index contributed by atoms with van der Waals surface area (Å²) >= 11 is 0. The van der Waals surface area contributed by atoms with Crippen molar-refractivity contribution in [1.82, 2.24) is 19.6 Å². The maximum Gasteiger partial charge on any atom is 0.0648 e. The van der Waals surface area contributed by atoms with Gasteiger partial charge in [-0.25, -0.2) is 4.68 Å². The number of aryl methyl sites for hydroxylation is 1. The van der Waals surface area contributed by atoms with Crippen LogP contribution in [-0.2, 0) is 6.54 Å². The van der Waals surface area contributed by atoms with E-state index in [1.807, 2.05) is 10.9 Å². The average molecular weight is 324 g/mol. The molecule has 4 nitrogen and oxygen atoms in total. The van der Waals surface area contributed by atoms with Gasteiger partial charge in [-0.05, 0) is 63.4 Å². The zero-order valence-electron chi connectivity index (χ0n) is 15.0. The number of likely N-dealkylation sites (tertiary alicyclic amines) is 1. The van der Waals surface area contributed by atoms with Crippen LogP contribution in [0.25, 0.3) is 5.69 Å². The van der Waals surface area contributed by atoms with Gasteiger partial charge in [-0.3, -0.25) is 4.90 Å². The van der Waals surface area contributed by atoms with Crippen molar-refractivity contribution in [2.45, 2.75) is 32.4 Å². The van der Waals surface area contributed by atoms with Gasteiger partial charge in [0.1, 0.15) is 0 Å². The molecule has 128 valence electrons. The van der Waals surface area contributed by atoms with Gasteiger partial charge in [0.2, 0.25) is 0 Å². The first kappa shape index (κ1) is 15.9. The molecule has 1 saturated carbocycles. The molecule has 1 aromatic heterocycles. The third-order valence-electron chi connectivity index (χ3n) is 5.76. The van der Waals surface area contributed by atoms with Crippen molar-refractivity contribution in [2.75, 3.05) is 27.2 Å². The molecule has 2 heterocycles. The lowest BCUT2D eigenvalue weighted by molar-refractivity contribution is 0.0714. The van der Waals surface area contributed by atoms with Crippen molar-refractivity contribution in [3.05, 3.63) is 47.8 Å². The molecule has 0 amide bonds. The van der Waals surface area contributed by atoms with Crippen LogP contribution in [0.3, 0.4) is 0 Å². The van der Waals surface area contributed by atoms with E-state index in [-0.39, 0.29) is 0 Å². The van der Waals surface area contributed by atoms with Crippen LogP contribution in [0.2, 0.25) is 0 Å². The minimum Gasteiger partial charge on any atom is -0.306 e. The van der Waals surface area contributed by atoms with Gasteiger partial charge in [-0.1, -0.05) is 12.1 Å². The highest BCUT2D eigenvalue weighted by molar-refractivity contribution is 5.35. The van der Waals surface area contributed by atoms with Gasteiger partial charge in [0.05, 0.1) is 11.9 Å². The molecule has 2 fully saturated rings. The molecule has 0 spiro atoms. The van der Waals surface area contributed by atoms with Crippen molar-refractivity contribution in [3.63, 3.8) is 0 Å². The number of piperidine rings is 1. The highest BCUT2D eigenvalue weighted by atomic mass is 15.3. The molecule has 1 aliphatic carbocycles. The predicted octanol–water partition coefficient (Wildman–Crippen LogP) is 2.95. The third-order valence-corrected chi connectivity index (χ3v) is 5.76. The second-order valence-electron chi connectivity index (χ2n) is 7.88. The summed E-state index contributed by atoms with van der Waals surface area (Å²) in [4.78, 5) is 5.09. The molecule has 0 N–H and O–H groups in total. The Bertz CT molecular complexity index is 691. The van der Waals surface area contributed by atoms with E-state index in [9.17, 15) is 0 Å². The Labute approximate surface area is 145 Å². The summed E-state index contributed by atoms with van der Waals surface area (Å²) in [5, 5.41) is 4.57. The Kier molecular flexibility index (Phi) is 4.19. The molecule has 1 unspecified atom stereocenters. The Morgan fingerprint density at radius 1 is 1.17 bits per heavy atom. The number of rotatable bonds is 4. The highest BCUT2D eigenvalue weighted by Gasteiger charge is 2.42. The first-order chi connectivity index (χ1) is 11.6. The summed E-state index contributed by atoms with van der Waals surface area (Å²) in [6.45, 7) is 5.61. The van der Waals surface area contributed by atoms with E-state index in [1.54, 1.807) is 0 Å². The number of benzene rings is 1. The number of aromatic nitrogens is 2. The molecule has 4 rings (SSSR count). The summed E-state index contributed by atoms with van der Waals surface area (Å²) in [5.41, 5.74) is 3.73. The molecule has 1 saturated heterocycles. The van der Waals surface area contributed by atoms with Gasteiger partial charge in [-0.2, -0.15) is 5.10 Å². The minimum atomic E-state index is 0.788. The second kappa shape index (κ2) is 6.34. The Hall–Kier alpha value is -1.65. The van der Waals surface area contributed by atoms with Crippen LogP contribution in [0, 0.1) is 18.8 Å². The summed E-state index contributed by atoms with van der Waals surface area (Å²) in [6.07, 6.45) is 7.01. The Balaban J connectivity index is 1.44. The molecule has 4 heteroatoms. The van der Waals surface area contributed by atoms with Gasteiger partial charge >= 0.3 is 0 Å². The monoisotopic (exact) mass is 324 g/mol. The molecular formula is C20H28N4. The summed E-state index contributed by atoms with van der Waals surface area (Å²) in [5.74, 6) is 1.68. The highest BCUT2D eigenvalue weighted by Crippen LogP contribution is 2.39. The molecule has 2 aliphatic rings. The lowest BCUT2D eigenvalue weighted by atomic mass is 9.91.